The van der Waals surface area contributed by atoms with Gasteiger partial charge in [-0.1, -0.05) is 24.3 Å². The Morgan fingerprint density at radius 1 is 1.00 bits per heavy atom. The summed E-state index contributed by atoms with van der Waals surface area (Å²) in [5, 5.41) is 0. The summed E-state index contributed by atoms with van der Waals surface area (Å²) in [7, 11) is 0. The number of ether oxygens (including phenoxy) is 1. The molecule has 2 aliphatic heterocycles. The van der Waals surface area contributed by atoms with Crippen molar-refractivity contribution in [1.29, 1.82) is 0 Å². The normalized spacial score (nSPS) is 21.5. The maximum absolute atomic E-state index is 11.9. The van der Waals surface area contributed by atoms with Crippen molar-refractivity contribution in [3.8, 4) is 0 Å². The second kappa shape index (κ2) is 5.42. The van der Waals surface area contributed by atoms with Crippen molar-refractivity contribution in [2.24, 2.45) is 0 Å². The summed E-state index contributed by atoms with van der Waals surface area (Å²) in [4.78, 5) is 20.8. The molecular weight excluding hydrogens is 278 g/mol. The average Bonchev–Trinajstić information content (AvgIpc) is 2.93. The predicted octanol–water partition coefficient (Wildman–Crippen LogP) is 2.07. The van der Waals surface area contributed by atoms with Crippen LogP contribution in [0.25, 0.3) is 0 Å². The van der Waals surface area contributed by atoms with E-state index in [1.165, 1.54) is 0 Å². The Kier molecular flexibility index (Phi) is 3.27. The van der Waals surface area contributed by atoms with Gasteiger partial charge in [0, 0.05) is 37.9 Å². The van der Waals surface area contributed by atoms with E-state index in [4.69, 9.17) is 4.74 Å². The van der Waals surface area contributed by atoms with Crippen molar-refractivity contribution in [3.05, 3.63) is 59.8 Å². The third-order valence-electron chi connectivity index (χ3n) is 4.28. The predicted molar refractivity (Wildman–Crippen MR) is 82.6 cm³/mol. The van der Waals surface area contributed by atoms with E-state index < -0.39 is 0 Å². The van der Waals surface area contributed by atoms with E-state index >= 15 is 0 Å². The fourth-order valence-corrected chi connectivity index (χ4v) is 3.12. The average molecular weight is 295 g/mol. The van der Waals surface area contributed by atoms with E-state index in [0.717, 1.165) is 37.6 Å². The monoisotopic (exact) mass is 295 g/mol. The van der Waals surface area contributed by atoms with Crippen LogP contribution in [0.3, 0.4) is 0 Å². The molecule has 0 saturated carbocycles. The Morgan fingerprint density at radius 2 is 1.77 bits per heavy atom. The Hall–Kier alpha value is -2.40. The van der Waals surface area contributed by atoms with Gasteiger partial charge in [-0.3, -0.25) is 4.90 Å². The molecule has 2 aliphatic rings. The molecule has 0 amide bonds. The summed E-state index contributed by atoms with van der Waals surface area (Å²) < 4.78 is 5.57. The standard InChI is InChI=1S/C17H17N3O2/c21-17-14-6-2-1-5-13(14)16(22-17)20-11-9-19(10-12-20)15-7-3-4-8-18-15/h1-8,16H,9-12H2/t16-/m0/s1. The van der Waals surface area contributed by atoms with Crippen LogP contribution in [-0.2, 0) is 4.74 Å². The van der Waals surface area contributed by atoms with Gasteiger partial charge in [0.2, 0.25) is 0 Å². The number of carbonyl (C=O) groups is 1. The van der Waals surface area contributed by atoms with E-state index in [2.05, 4.69) is 14.8 Å². The molecule has 22 heavy (non-hydrogen) atoms. The lowest BCUT2D eigenvalue weighted by Gasteiger charge is -2.37. The van der Waals surface area contributed by atoms with E-state index in [9.17, 15) is 4.79 Å². The van der Waals surface area contributed by atoms with Gasteiger partial charge in [0.05, 0.1) is 5.56 Å². The lowest BCUT2D eigenvalue weighted by molar-refractivity contribution is -0.0251. The van der Waals surface area contributed by atoms with Crippen molar-refractivity contribution >= 4 is 11.8 Å². The number of hydrogen-bond donors (Lipinski definition) is 0. The number of hydrogen-bond acceptors (Lipinski definition) is 5. The highest BCUT2D eigenvalue weighted by Crippen LogP contribution is 2.33. The molecule has 1 fully saturated rings. The first-order valence-corrected chi connectivity index (χ1v) is 7.53. The number of benzene rings is 1. The minimum absolute atomic E-state index is 0.215. The maximum atomic E-state index is 11.9. The van der Waals surface area contributed by atoms with Crippen LogP contribution in [0.2, 0.25) is 0 Å². The highest BCUT2D eigenvalue weighted by atomic mass is 16.6. The first-order chi connectivity index (χ1) is 10.8. The quantitative estimate of drug-likeness (QED) is 0.794. The summed E-state index contributed by atoms with van der Waals surface area (Å²) in [6, 6.07) is 13.6. The SMILES string of the molecule is O=C1O[C@H](N2CCN(c3ccccn3)CC2)c2ccccc21. The molecule has 2 aromatic rings. The molecule has 3 heterocycles. The number of esters is 1. The number of nitrogens with zero attached hydrogens (tertiary/aromatic N) is 3. The molecular formula is C17H17N3O2. The van der Waals surface area contributed by atoms with Crippen molar-refractivity contribution in [3.63, 3.8) is 0 Å². The zero-order chi connectivity index (χ0) is 14.9. The van der Waals surface area contributed by atoms with Crippen LogP contribution in [-0.4, -0.2) is 42.0 Å². The molecule has 112 valence electrons. The van der Waals surface area contributed by atoms with Gasteiger partial charge in [-0.2, -0.15) is 0 Å². The molecule has 5 heteroatoms. The number of carbonyl (C=O) groups excluding carboxylic acids is 1. The van der Waals surface area contributed by atoms with Crippen LogP contribution in [0.15, 0.2) is 48.7 Å². The highest BCUT2D eigenvalue weighted by molar-refractivity contribution is 5.93. The van der Waals surface area contributed by atoms with Crippen LogP contribution >= 0.6 is 0 Å². The minimum Gasteiger partial charge on any atom is -0.438 e. The number of anilines is 1. The third-order valence-corrected chi connectivity index (χ3v) is 4.28. The van der Waals surface area contributed by atoms with Gasteiger partial charge in [0.25, 0.3) is 0 Å². The molecule has 4 rings (SSSR count). The Bertz CT molecular complexity index is 681. The van der Waals surface area contributed by atoms with E-state index in [1.807, 2.05) is 48.7 Å². The molecule has 1 saturated heterocycles. The van der Waals surface area contributed by atoms with Crippen LogP contribution in [0.1, 0.15) is 22.1 Å². The topological polar surface area (TPSA) is 45.7 Å². The van der Waals surface area contributed by atoms with Crippen LogP contribution in [0, 0.1) is 0 Å². The molecule has 0 unspecified atom stereocenters. The summed E-state index contributed by atoms with van der Waals surface area (Å²) >= 11 is 0. The molecule has 1 aromatic carbocycles. The third kappa shape index (κ3) is 2.23. The first kappa shape index (κ1) is 13.3. The fourth-order valence-electron chi connectivity index (χ4n) is 3.12. The van der Waals surface area contributed by atoms with Gasteiger partial charge >= 0.3 is 5.97 Å². The molecule has 5 nitrogen and oxygen atoms in total. The number of pyridine rings is 1. The van der Waals surface area contributed by atoms with Crippen molar-refractivity contribution in [1.82, 2.24) is 9.88 Å². The molecule has 0 radical (unpaired) electrons. The van der Waals surface area contributed by atoms with Gasteiger partial charge in [-0.15, -0.1) is 0 Å². The number of rotatable bonds is 2. The van der Waals surface area contributed by atoms with Crippen molar-refractivity contribution < 1.29 is 9.53 Å². The van der Waals surface area contributed by atoms with Crippen molar-refractivity contribution in [2.45, 2.75) is 6.23 Å². The zero-order valence-corrected chi connectivity index (χ0v) is 12.2. The largest absolute Gasteiger partial charge is 0.438 e. The number of fused-ring (bicyclic) bond motifs is 1. The smallest absolute Gasteiger partial charge is 0.340 e. The van der Waals surface area contributed by atoms with E-state index in [0.29, 0.717) is 5.56 Å². The van der Waals surface area contributed by atoms with Gasteiger partial charge < -0.3 is 9.64 Å². The van der Waals surface area contributed by atoms with E-state index in [-0.39, 0.29) is 12.2 Å². The second-order valence-electron chi connectivity index (χ2n) is 5.56. The Balaban J connectivity index is 1.48. The Morgan fingerprint density at radius 3 is 2.55 bits per heavy atom. The summed E-state index contributed by atoms with van der Waals surface area (Å²) in [6.45, 7) is 3.46. The van der Waals surface area contributed by atoms with E-state index in [1.54, 1.807) is 0 Å². The summed E-state index contributed by atoms with van der Waals surface area (Å²) in [5.74, 6) is 0.790. The zero-order valence-electron chi connectivity index (χ0n) is 12.2. The van der Waals surface area contributed by atoms with Crippen LogP contribution in [0.4, 0.5) is 5.82 Å². The summed E-state index contributed by atoms with van der Waals surface area (Å²) in [6.07, 6.45) is 1.58. The molecule has 0 bridgehead atoms. The molecule has 0 aliphatic carbocycles. The van der Waals surface area contributed by atoms with Gasteiger partial charge in [-0.05, 0) is 18.2 Å². The maximum Gasteiger partial charge on any atom is 0.340 e. The lowest BCUT2D eigenvalue weighted by Crippen LogP contribution is -2.48. The second-order valence-corrected chi connectivity index (χ2v) is 5.56. The molecule has 1 aromatic heterocycles. The van der Waals surface area contributed by atoms with Crippen molar-refractivity contribution in [2.75, 3.05) is 31.1 Å². The molecule has 0 spiro atoms. The van der Waals surface area contributed by atoms with Crippen LogP contribution in [0.5, 0.6) is 0 Å². The minimum atomic E-state index is -0.241. The van der Waals surface area contributed by atoms with Gasteiger partial charge in [0.1, 0.15) is 5.82 Å². The Labute approximate surface area is 129 Å². The van der Waals surface area contributed by atoms with Gasteiger partial charge in [-0.25, -0.2) is 9.78 Å². The number of cyclic esters (lactones) is 1. The van der Waals surface area contributed by atoms with Gasteiger partial charge in [0.15, 0.2) is 6.23 Å². The lowest BCUT2D eigenvalue weighted by atomic mass is 10.1. The molecule has 1 atom stereocenters. The molecule has 0 N–H and O–H groups in total. The number of aromatic nitrogens is 1. The van der Waals surface area contributed by atoms with Crippen LogP contribution < -0.4 is 4.90 Å². The highest BCUT2D eigenvalue weighted by Gasteiger charge is 2.36. The number of piperazine rings is 1. The fraction of sp³-hybridized carbons (Fsp3) is 0.294. The summed E-state index contributed by atoms with van der Waals surface area (Å²) in [5.41, 5.74) is 1.68. The first-order valence-electron chi connectivity index (χ1n) is 7.53.